The minimum Gasteiger partial charge on any atom is -0.493 e. The molecule has 2 fully saturated rings. The van der Waals surface area contributed by atoms with Gasteiger partial charge in [0.2, 0.25) is 0 Å². The number of ether oxygens (including phenoxy) is 2. The first-order chi connectivity index (χ1) is 10.2. The largest absolute Gasteiger partial charge is 0.493 e. The van der Waals surface area contributed by atoms with Crippen LogP contribution in [-0.2, 0) is 5.41 Å². The maximum atomic E-state index is 6.14. The molecule has 2 N–H and O–H groups in total. The van der Waals surface area contributed by atoms with Crippen LogP contribution in [0.5, 0.6) is 11.5 Å². The van der Waals surface area contributed by atoms with Crippen LogP contribution in [-0.4, -0.2) is 19.8 Å². The van der Waals surface area contributed by atoms with Crippen molar-refractivity contribution in [2.45, 2.75) is 56.5 Å². The number of hydrogen-bond donors (Lipinski definition) is 1. The zero-order valence-electron chi connectivity index (χ0n) is 12.7. The lowest BCUT2D eigenvalue weighted by Gasteiger charge is -2.32. The molecule has 1 aromatic rings. The number of rotatable bonds is 5. The molecule has 2 saturated carbocycles. The molecule has 0 amide bonds. The molecule has 0 unspecified atom stereocenters. The van der Waals surface area contributed by atoms with Crippen molar-refractivity contribution in [3.8, 4) is 11.5 Å². The average Bonchev–Trinajstić information content (AvgIpc) is 2.93. The summed E-state index contributed by atoms with van der Waals surface area (Å²) < 4.78 is 12.7. The average molecular weight is 354 g/mol. The Labute approximate surface area is 135 Å². The van der Waals surface area contributed by atoms with Crippen LogP contribution in [0.1, 0.15) is 50.5 Å². The van der Waals surface area contributed by atoms with E-state index in [1.807, 2.05) is 6.07 Å². The molecule has 21 heavy (non-hydrogen) atoms. The molecule has 3 nitrogen and oxygen atoms in total. The van der Waals surface area contributed by atoms with Crippen LogP contribution in [0.4, 0.5) is 0 Å². The second kappa shape index (κ2) is 6.17. The first kappa shape index (κ1) is 15.2. The van der Waals surface area contributed by atoms with Crippen LogP contribution in [0.3, 0.4) is 0 Å². The van der Waals surface area contributed by atoms with Gasteiger partial charge in [-0.2, -0.15) is 0 Å². The number of benzene rings is 1. The van der Waals surface area contributed by atoms with Crippen molar-refractivity contribution in [1.29, 1.82) is 0 Å². The van der Waals surface area contributed by atoms with Crippen molar-refractivity contribution in [2.24, 2.45) is 5.73 Å². The van der Waals surface area contributed by atoms with E-state index in [-0.39, 0.29) is 5.41 Å². The Kier molecular flexibility index (Phi) is 4.46. The van der Waals surface area contributed by atoms with Gasteiger partial charge in [-0.05, 0) is 49.8 Å². The Hall–Kier alpha value is -0.740. The molecule has 0 aromatic heterocycles. The van der Waals surface area contributed by atoms with Crippen LogP contribution in [0.15, 0.2) is 16.6 Å². The highest BCUT2D eigenvalue weighted by molar-refractivity contribution is 9.10. The van der Waals surface area contributed by atoms with E-state index in [0.717, 1.165) is 41.7 Å². The highest BCUT2D eigenvalue weighted by Crippen LogP contribution is 2.47. The van der Waals surface area contributed by atoms with Crippen molar-refractivity contribution in [2.75, 3.05) is 13.7 Å². The van der Waals surface area contributed by atoms with Crippen LogP contribution < -0.4 is 15.2 Å². The van der Waals surface area contributed by atoms with Gasteiger partial charge in [-0.25, -0.2) is 0 Å². The van der Waals surface area contributed by atoms with Crippen LogP contribution in [0, 0.1) is 0 Å². The Morgan fingerprint density at radius 3 is 2.43 bits per heavy atom. The number of methoxy groups -OCH3 is 1. The predicted octanol–water partition coefficient (Wildman–Crippen LogP) is 4.16. The minimum absolute atomic E-state index is 0.100. The fourth-order valence-corrected chi connectivity index (χ4v) is 4.24. The molecular formula is C17H24BrNO2. The minimum atomic E-state index is 0.100. The third-order valence-corrected chi connectivity index (χ3v) is 5.78. The molecule has 2 aliphatic rings. The third-order valence-electron chi connectivity index (χ3n) is 5.12. The van der Waals surface area contributed by atoms with Crippen LogP contribution in [0.2, 0.25) is 0 Å². The molecule has 1 aromatic carbocycles. The van der Waals surface area contributed by atoms with E-state index in [9.17, 15) is 0 Å². The Balaban J connectivity index is 1.97. The summed E-state index contributed by atoms with van der Waals surface area (Å²) in [4.78, 5) is 0. The van der Waals surface area contributed by atoms with Gasteiger partial charge in [0.15, 0.2) is 11.5 Å². The maximum Gasteiger partial charge on any atom is 0.161 e. The van der Waals surface area contributed by atoms with Gasteiger partial charge < -0.3 is 15.2 Å². The molecule has 0 bridgehead atoms. The van der Waals surface area contributed by atoms with Crippen LogP contribution >= 0.6 is 15.9 Å². The fourth-order valence-electron chi connectivity index (χ4n) is 3.50. The molecule has 0 saturated heterocycles. The fraction of sp³-hybridized carbons (Fsp3) is 0.647. The monoisotopic (exact) mass is 353 g/mol. The summed E-state index contributed by atoms with van der Waals surface area (Å²) in [7, 11) is 1.70. The summed E-state index contributed by atoms with van der Waals surface area (Å²) in [6.45, 7) is 0.695. The van der Waals surface area contributed by atoms with Crippen molar-refractivity contribution >= 4 is 15.9 Å². The van der Waals surface area contributed by atoms with Gasteiger partial charge in [0.1, 0.15) is 0 Å². The Morgan fingerprint density at radius 2 is 1.90 bits per heavy atom. The summed E-state index contributed by atoms with van der Waals surface area (Å²) in [6.07, 6.45) is 8.76. The molecule has 116 valence electrons. The topological polar surface area (TPSA) is 44.5 Å². The highest BCUT2D eigenvalue weighted by Gasteiger charge is 2.37. The van der Waals surface area contributed by atoms with Gasteiger partial charge in [-0.15, -0.1) is 0 Å². The molecule has 0 spiro atoms. The first-order valence-corrected chi connectivity index (χ1v) is 8.72. The van der Waals surface area contributed by atoms with E-state index in [4.69, 9.17) is 15.2 Å². The molecule has 0 aliphatic heterocycles. The predicted molar refractivity (Wildman–Crippen MR) is 88.2 cm³/mol. The molecule has 4 heteroatoms. The smallest absolute Gasteiger partial charge is 0.161 e. The normalized spacial score (nSPS) is 21.1. The molecule has 0 radical (unpaired) electrons. The number of halogens is 1. The van der Waals surface area contributed by atoms with E-state index in [1.165, 1.54) is 24.8 Å². The number of nitrogens with two attached hydrogens (primary N) is 1. The van der Waals surface area contributed by atoms with Gasteiger partial charge in [0.05, 0.1) is 13.2 Å². The van der Waals surface area contributed by atoms with Crippen molar-refractivity contribution in [1.82, 2.24) is 0 Å². The quantitative estimate of drug-likeness (QED) is 0.864. The summed E-state index contributed by atoms with van der Waals surface area (Å²) in [6, 6.07) is 4.21. The van der Waals surface area contributed by atoms with E-state index in [1.54, 1.807) is 7.11 Å². The molecule has 0 atom stereocenters. The standard InChI is InChI=1S/C17H24BrNO2/c1-20-15-10-14(18)13(17(11-19)7-2-3-8-17)9-16(15)21-12-5-4-6-12/h9-10,12H,2-8,11,19H2,1H3. The van der Waals surface area contributed by atoms with Crippen molar-refractivity contribution in [3.63, 3.8) is 0 Å². The summed E-state index contributed by atoms with van der Waals surface area (Å²) in [5, 5.41) is 0. The van der Waals surface area contributed by atoms with Crippen molar-refractivity contribution in [3.05, 3.63) is 22.2 Å². The van der Waals surface area contributed by atoms with E-state index >= 15 is 0 Å². The lowest BCUT2D eigenvalue weighted by atomic mass is 9.79. The summed E-state index contributed by atoms with van der Waals surface area (Å²) in [5.41, 5.74) is 7.53. The molecule has 2 aliphatic carbocycles. The van der Waals surface area contributed by atoms with Gasteiger partial charge in [-0.1, -0.05) is 28.8 Å². The first-order valence-electron chi connectivity index (χ1n) is 7.93. The van der Waals surface area contributed by atoms with Crippen LogP contribution in [0.25, 0.3) is 0 Å². The summed E-state index contributed by atoms with van der Waals surface area (Å²) >= 11 is 3.71. The third kappa shape index (κ3) is 2.80. The Bertz CT molecular complexity index is 508. The van der Waals surface area contributed by atoms with Gasteiger partial charge in [0.25, 0.3) is 0 Å². The SMILES string of the molecule is COc1cc(Br)c(C2(CN)CCCC2)cc1OC1CCC1. The molecular weight excluding hydrogens is 330 g/mol. The van der Waals surface area contributed by atoms with Gasteiger partial charge in [-0.3, -0.25) is 0 Å². The second-order valence-corrected chi connectivity index (χ2v) is 7.20. The maximum absolute atomic E-state index is 6.14. The number of hydrogen-bond acceptors (Lipinski definition) is 3. The summed E-state index contributed by atoms with van der Waals surface area (Å²) in [5.74, 6) is 1.68. The van der Waals surface area contributed by atoms with Crippen molar-refractivity contribution < 1.29 is 9.47 Å². The lowest BCUT2D eigenvalue weighted by molar-refractivity contribution is 0.115. The molecule has 3 rings (SSSR count). The van der Waals surface area contributed by atoms with E-state index in [0.29, 0.717) is 12.6 Å². The van der Waals surface area contributed by atoms with Gasteiger partial charge >= 0.3 is 0 Å². The van der Waals surface area contributed by atoms with E-state index < -0.39 is 0 Å². The zero-order valence-corrected chi connectivity index (χ0v) is 14.2. The highest BCUT2D eigenvalue weighted by atomic mass is 79.9. The molecule has 0 heterocycles. The second-order valence-electron chi connectivity index (χ2n) is 6.35. The zero-order chi connectivity index (χ0) is 14.9. The van der Waals surface area contributed by atoms with Gasteiger partial charge in [0, 0.05) is 16.4 Å². The van der Waals surface area contributed by atoms with E-state index in [2.05, 4.69) is 22.0 Å². The Morgan fingerprint density at radius 1 is 1.19 bits per heavy atom. The lowest BCUT2D eigenvalue weighted by Crippen LogP contribution is -2.32.